The molecule has 0 rings (SSSR count). The Hall–Kier alpha value is 0.850. The third-order valence-electron chi connectivity index (χ3n) is 2.99. The summed E-state index contributed by atoms with van der Waals surface area (Å²) in [7, 11) is 12.6. The second-order valence-electron chi connectivity index (χ2n) is 6.63. The van der Waals surface area contributed by atoms with E-state index >= 15 is 0 Å². The zero-order valence-electron chi connectivity index (χ0n) is 13.4. The van der Waals surface area contributed by atoms with Crippen LogP contribution in [0, 0.1) is 0 Å². The number of rotatable bonds is 7. The van der Waals surface area contributed by atoms with E-state index in [4.69, 9.17) is 4.74 Å². The molecule has 0 aliphatic rings. The van der Waals surface area contributed by atoms with Crippen LogP contribution in [0.2, 0.25) is 0 Å². The smallest absolute Gasteiger partial charge is 0.311 e. The van der Waals surface area contributed by atoms with Gasteiger partial charge in [-0.2, -0.15) is 0 Å². The van der Waals surface area contributed by atoms with Crippen molar-refractivity contribution in [1.82, 2.24) is 0 Å². The fourth-order valence-corrected chi connectivity index (χ4v) is 1.58. The summed E-state index contributed by atoms with van der Waals surface area (Å²) in [5, 5.41) is 0. The van der Waals surface area contributed by atoms with E-state index in [1.54, 1.807) is 0 Å². The molecule has 0 aromatic heterocycles. The molecule has 0 aliphatic carbocycles. The Bertz CT molecular complexity index is 248. The molecule has 1 atom stereocenters. The zero-order chi connectivity index (χ0) is 13.7. The maximum atomic E-state index is 11.6. The lowest BCUT2D eigenvalue weighted by atomic mass is 10.2. The first kappa shape index (κ1) is 24.8. The van der Waals surface area contributed by atoms with Crippen LogP contribution in [0.4, 0.5) is 0 Å². The lowest BCUT2D eigenvalue weighted by molar-refractivity contribution is -0.896. The van der Waals surface area contributed by atoms with E-state index in [0.29, 0.717) is 19.1 Å². The molecule has 1 unspecified atom stereocenters. The van der Waals surface area contributed by atoms with Crippen molar-refractivity contribution in [2.75, 3.05) is 55.4 Å². The van der Waals surface area contributed by atoms with Gasteiger partial charge in [-0.05, 0) is 0 Å². The summed E-state index contributed by atoms with van der Waals surface area (Å²) in [5.41, 5.74) is 0. The van der Waals surface area contributed by atoms with Crippen LogP contribution >= 0.6 is 0 Å². The van der Waals surface area contributed by atoms with Crippen molar-refractivity contribution in [1.29, 1.82) is 0 Å². The van der Waals surface area contributed by atoms with Gasteiger partial charge in [-0.3, -0.25) is 4.79 Å². The van der Waals surface area contributed by atoms with Crippen LogP contribution in [-0.4, -0.2) is 76.4 Å². The highest BCUT2D eigenvalue weighted by atomic mass is 127. The number of quaternary nitrogens is 2. The predicted molar refractivity (Wildman–Crippen MR) is 70.6 cm³/mol. The molecule has 118 valence electrons. The van der Waals surface area contributed by atoms with Crippen molar-refractivity contribution in [2.45, 2.75) is 25.8 Å². The van der Waals surface area contributed by atoms with Crippen molar-refractivity contribution < 1.29 is 66.5 Å². The van der Waals surface area contributed by atoms with Crippen LogP contribution < -0.4 is 48.0 Å². The fourth-order valence-electron chi connectivity index (χ4n) is 1.58. The van der Waals surface area contributed by atoms with Crippen molar-refractivity contribution >= 4 is 5.97 Å². The van der Waals surface area contributed by atoms with Crippen LogP contribution in [0.25, 0.3) is 0 Å². The summed E-state index contributed by atoms with van der Waals surface area (Å²) in [6, 6.07) is 0.378. The second kappa shape index (κ2) is 10.6. The molecule has 6 heteroatoms. The van der Waals surface area contributed by atoms with Gasteiger partial charge in [-0.25, -0.2) is 0 Å². The van der Waals surface area contributed by atoms with Gasteiger partial charge in [0.1, 0.15) is 12.6 Å². The van der Waals surface area contributed by atoms with E-state index < -0.39 is 0 Å². The molecule has 0 saturated carbocycles. The van der Waals surface area contributed by atoms with Gasteiger partial charge < -0.3 is 61.7 Å². The van der Waals surface area contributed by atoms with Crippen molar-refractivity contribution in [2.24, 2.45) is 0 Å². The van der Waals surface area contributed by atoms with Crippen LogP contribution in [0.3, 0.4) is 0 Å². The minimum Gasteiger partial charge on any atom is -1.00 e. The maximum Gasteiger partial charge on any atom is 0.311 e. The van der Waals surface area contributed by atoms with Gasteiger partial charge >= 0.3 is 5.97 Å². The zero-order valence-corrected chi connectivity index (χ0v) is 17.7. The van der Waals surface area contributed by atoms with Gasteiger partial charge in [-0.1, -0.05) is 6.92 Å². The monoisotopic (exact) mass is 500 g/mol. The maximum absolute atomic E-state index is 11.6. The Labute approximate surface area is 153 Å². The SMILES string of the molecule is CCC(COC(=O)CC[N+](C)(C)C)[N+](C)(C)C.[I-].[I-]. The Kier molecular flexibility index (Phi) is 13.8. The Morgan fingerprint density at radius 3 is 1.84 bits per heavy atom. The summed E-state index contributed by atoms with van der Waals surface area (Å²) < 4.78 is 6.98. The normalized spacial score (nSPS) is 13.0. The van der Waals surface area contributed by atoms with E-state index in [2.05, 4.69) is 49.2 Å². The number of esters is 1. The summed E-state index contributed by atoms with van der Waals surface area (Å²) in [4.78, 5) is 11.6. The molecular formula is C13H30I2N2O2. The first-order chi connectivity index (χ1) is 7.56. The number of halogens is 2. The van der Waals surface area contributed by atoms with Crippen LogP contribution in [0.1, 0.15) is 19.8 Å². The Balaban J connectivity index is -0.00000128. The number of carbonyl (C=O) groups excluding carboxylic acids is 1. The van der Waals surface area contributed by atoms with Crippen LogP contribution in [0.15, 0.2) is 0 Å². The quantitative estimate of drug-likeness (QED) is 0.199. The molecule has 0 aromatic rings. The van der Waals surface area contributed by atoms with E-state index in [-0.39, 0.29) is 53.9 Å². The minimum absolute atomic E-state index is 0. The number of hydrogen-bond acceptors (Lipinski definition) is 2. The Morgan fingerprint density at radius 1 is 1.05 bits per heavy atom. The van der Waals surface area contributed by atoms with Crippen molar-refractivity contribution in [3.8, 4) is 0 Å². The first-order valence-electron chi connectivity index (χ1n) is 6.33. The molecule has 19 heavy (non-hydrogen) atoms. The molecule has 0 saturated heterocycles. The molecule has 0 aliphatic heterocycles. The molecule has 0 N–H and O–H groups in total. The van der Waals surface area contributed by atoms with Gasteiger partial charge in [-0.15, -0.1) is 0 Å². The second-order valence-corrected chi connectivity index (χ2v) is 6.63. The summed E-state index contributed by atoms with van der Waals surface area (Å²) in [5.74, 6) is -0.0788. The molecule has 4 nitrogen and oxygen atoms in total. The molecule has 0 heterocycles. The topological polar surface area (TPSA) is 26.3 Å². The average Bonchev–Trinajstić information content (AvgIpc) is 2.12. The summed E-state index contributed by atoms with van der Waals surface area (Å²) in [6.07, 6.45) is 1.52. The highest BCUT2D eigenvalue weighted by Gasteiger charge is 2.23. The van der Waals surface area contributed by atoms with Crippen LogP contribution in [-0.2, 0) is 9.53 Å². The van der Waals surface area contributed by atoms with Crippen LogP contribution in [0.5, 0.6) is 0 Å². The third kappa shape index (κ3) is 13.6. The van der Waals surface area contributed by atoms with Gasteiger partial charge in [0, 0.05) is 6.42 Å². The van der Waals surface area contributed by atoms with E-state index in [0.717, 1.165) is 21.9 Å². The number of nitrogens with zero attached hydrogens (tertiary/aromatic N) is 2. The molecule has 0 amide bonds. The van der Waals surface area contributed by atoms with E-state index in [1.165, 1.54) is 0 Å². The molecule has 0 fully saturated rings. The lowest BCUT2D eigenvalue weighted by Gasteiger charge is -2.33. The largest absolute Gasteiger partial charge is 1.00 e. The third-order valence-corrected chi connectivity index (χ3v) is 2.99. The number of hydrogen-bond donors (Lipinski definition) is 0. The highest BCUT2D eigenvalue weighted by Crippen LogP contribution is 2.08. The van der Waals surface area contributed by atoms with Gasteiger partial charge in [0.25, 0.3) is 0 Å². The lowest BCUT2D eigenvalue weighted by Crippen LogP contribution is -3.00. The number of likely N-dealkylation sites (N-methyl/N-ethyl adjacent to an activating group) is 1. The highest BCUT2D eigenvalue weighted by molar-refractivity contribution is 5.69. The summed E-state index contributed by atoms with van der Waals surface area (Å²) >= 11 is 0. The van der Waals surface area contributed by atoms with Crippen molar-refractivity contribution in [3.05, 3.63) is 0 Å². The molecule has 0 bridgehead atoms. The standard InChI is InChI=1S/C13H30N2O2.2HI/c1-8-12(15(5,6)7)11-17-13(16)9-10-14(2,3)4;;/h12H,8-11H2,1-7H3;2*1H/q+2;;/p-2. The predicted octanol–water partition coefficient (Wildman–Crippen LogP) is -4.88. The Morgan fingerprint density at radius 2 is 1.53 bits per heavy atom. The van der Waals surface area contributed by atoms with E-state index in [9.17, 15) is 4.79 Å². The molecule has 0 spiro atoms. The molecule has 0 radical (unpaired) electrons. The summed E-state index contributed by atoms with van der Waals surface area (Å²) in [6.45, 7) is 3.48. The van der Waals surface area contributed by atoms with Gasteiger partial charge in [0.05, 0.1) is 55.3 Å². The van der Waals surface area contributed by atoms with Gasteiger partial charge in [0.15, 0.2) is 0 Å². The van der Waals surface area contributed by atoms with Gasteiger partial charge in [0.2, 0.25) is 0 Å². The van der Waals surface area contributed by atoms with Crippen molar-refractivity contribution in [3.63, 3.8) is 0 Å². The fraction of sp³-hybridized carbons (Fsp3) is 0.923. The average molecular weight is 500 g/mol. The molecule has 0 aromatic carbocycles. The number of ether oxygens (including phenoxy) is 1. The van der Waals surface area contributed by atoms with E-state index in [1.807, 2.05) is 0 Å². The first-order valence-corrected chi connectivity index (χ1v) is 6.33. The molecular weight excluding hydrogens is 470 g/mol. The minimum atomic E-state index is -0.0788. The number of carbonyl (C=O) groups is 1.